The van der Waals surface area contributed by atoms with Crippen molar-refractivity contribution in [2.45, 2.75) is 19.4 Å². The van der Waals surface area contributed by atoms with Crippen molar-refractivity contribution in [2.24, 2.45) is 0 Å². The third-order valence-corrected chi connectivity index (χ3v) is 4.90. The molecule has 0 unspecified atom stereocenters. The zero-order chi connectivity index (χ0) is 17.4. The third kappa shape index (κ3) is 3.32. The van der Waals surface area contributed by atoms with Crippen LogP contribution in [0.25, 0.3) is 11.1 Å². The lowest BCUT2D eigenvalue weighted by molar-refractivity contribution is 0.513. The highest BCUT2D eigenvalue weighted by Gasteiger charge is 2.22. The molecule has 0 radical (unpaired) electrons. The number of hydrogen-bond acceptors (Lipinski definition) is 5. The van der Waals surface area contributed by atoms with Crippen LogP contribution in [-0.2, 0) is 23.0 Å². The Kier molecular flexibility index (Phi) is 3.88. The van der Waals surface area contributed by atoms with E-state index in [2.05, 4.69) is 14.6 Å². The lowest BCUT2D eigenvalue weighted by Crippen LogP contribution is -2.29. The highest BCUT2D eigenvalue weighted by atomic mass is 32.2. The van der Waals surface area contributed by atoms with Crippen molar-refractivity contribution in [2.75, 3.05) is 22.4 Å². The Morgan fingerprint density at radius 3 is 2.84 bits per heavy atom. The fraction of sp³-hybridized carbons (Fsp3) is 0.278. The summed E-state index contributed by atoms with van der Waals surface area (Å²) >= 11 is 0. The number of para-hydroxylation sites is 2. The van der Waals surface area contributed by atoms with Gasteiger partial charge in [-0.25, -0.2) is 13.4 Å². The summed E-state index contributed by atoms with van der Waals surface area (Å²) in [5, 5.41) is 0. The van der Waals surface area contributed by atoms with Gasteiger partial charge in [0.05, 0.1) is 18.5 Å². The van der Waals surface area contributed by atoms with Crippen LogP contribution in [0.15, 0.2) is 46.9 Å². The lowest BCUT2D eigenvalue weighted by Gasteiger charge is -2.31. The summed E-state index contributed by atoms with van der Waals surface area (Å²) in [5.41, 5.74) is 4.34. The van der Waals surface area contributed by atoms with Crippen molar-refractivity contribution in [3.05, 3.63) is 53.9 Å². The van der Waals surface area contributed by atoms with Gasteiger partial charge in [0, 0.05) is 12.2 Å². The molecule has 1 N–H and O–H groups in total. The van der Waals surface area contributed by atoms with Crippen molar-refractivity contribution in [3.8, 4) is 0 Å². The van der Waals surface area contributed by atoms with Gasteiger partial charge < -0.3 is 9.32 Å². The molecule has 3 aromatic rings. The van der Waals surface area contributed by atoms with Crippen LogP contribution in [0.5, 0.6) is 0 Å². The molecule has 2 heterocycles. The third-order valence-electron chi connectivity index (χ3n) is 4.31. The summed E-state index contributed by atoms with van der Waals surface area (Å²) in [6.07, 6.45) is 2.97. The topological polar surface area (TPSA) is 75.4 Å². The average Bonchev–Trinajstić information content (AvgIpc) is 2.96. The summed E-state index contributed by atoms with van der Waals surface area (Å²) in [7, 11) is -3.30. The molecule has 0 atom stereocenters. The number of hydrogen-bond donors (Lipinski definition) is 1. The smallest absolute Gasteiger partial charge is 0.229 e. The highest BCUT2D eigenvalue weighted by molar-refractivity contribution is 7.92. The maximum atomic E-state index is 11.6. The van der Waals surface area contributed by atoms with Crippen molar-refractivity contribution in [3.63, 3.8) is 0 Å². The minimum Gasteiger partial charge on any atom is -0.439 e. The van der Waals surface area contributed by atoms with E-state index >= 15 is 0 Å². The zero-order valence-corrected chi connectivity index (χ0v) is 14.7. The van der Waals surface area contributed by atoms with E-state index in [0.29, 0.717) is 18.1 Å². The molecule has 6 nitrogen and oxygen atoms in total. The molecular formula is C18H19N3O3S. The second-order valence-electron chi connectivity index (χ2n) is 6.28. The molecule has 2 aromatic carbocycles. The summed E-state index contributed by atoms with van der Waals surface area (Å²) in [6.45, 7) is 1.44. The van der Waals surface area contributed by atoms with E-state index in [1.54, 1.807) is 0 Å². The summed E-state index contributed by atoms with van der Waals surface area (Å²) in [5.74, 6) is 0.663. The molecule has 0 spiro atoms. The van der Waals surface area contributed by atoms with Gasteiger partial charge >= 0.3 is 0 Å². The van der Waals surface area contributed by atoms with E-state index in [1.807, 2.05) is 42.5 Å². The van der Waals surface area contributed by atoms with Crippen molar-refractivity contribution < 1.29 is 12.8 Å². The predicted molar refractivity (Wildman–Crippen MR) is 98.3 cm³/mol. The minimum absolute atomic E-state index is 0.560. The monoisotopic (exact) mass is 357 g/mol. The number of nitrogens with one attached hydrogen (secondary N) is 1. The zero-order valence-electron chi connectivity index (χ0n) is 13.9. The molecule has 0 saturated carbocycles. The summed E-state index contributed by atoms with van der Waals surface area (Å²) in [4.78, 5) is 6.73. The summed E-state index contributed by atoms with van der Waals surface area (Å²) < 4.78 is 31.7. The molecule has 0 aliphatic carbocycles. The highest BCUT2D eigenvalue weighted by Crippen LogP contribution is 2.34. The molecule has 0 fully saturated rings. The maximum Gasteiger partial charge on any atom is 0.229 e. The van der Waals surface area contributed by atoms with Crippen LogP contribution >= 0.6 is 0 Å². The SMILES string of the molecule is CS(=O)(=O)Nc1cccc2c1CCCN2Cc1nc2ccccc2o1. The Bertz CT molecular complexity index is 994. The van der Waals surface area contributed by atoms with Crippen LogP contribution < -0.4 is 9.62 Å². The Morgan fingerprint density at radius 1 is 1.20 bits per heavy atom. The first kappa shape index (κ1) is 16.0. The second kappa shape index (κ2) is 6.07. The number of aromatic nitrogens is 1. The van der Waals surface area contributed by atoms with Gasteiger partial charge in [-0.15, -0.1) is 0 Å². The van der Waals surface area contributed by atoms with Crippen LogP contribution in [0, 0.1) is 0 Å². The van der Waals surface area contributed by atoms with E-state index in [1.165, 1.54) is 6.26 Å². The number of benzene rings is 2. The van der Waals surface area contributed by atoms with E-state index in [9.17, 15) is 8.42 Å². The molecule has 0 amide bonds. The maximum absolute atomic E-state index is 11.6. The van der Waals surface area contributed by atoms with E-state index in [4.69, 9.17) is 4.42 Å². The molecule has 7 heteroatoms. The average molecular weight is 357 g/mol. The largest absolute Gasteiger partial charge is 0.439 e. The predicted octanol–water partition coefficient (Wildman–Crippen LogP) is 3.15. The first-order valence-corrected chi connectivity index (χ1v) is 10.1. The number of rotatable bonds is 4. The van der Waals surface area contributed by atoms with E-state index < -0.39 is 10.0 Å². The van der Waals surface area contributed by atoms with E-state index in [0.717, 1.165) is 41.7 Å². The van der Waals surface area contributed by atoms with Crippen molar-refractivity contribution in [1.29, 1.82) is 0 Å². The Labute approximate surface area is 146 Å². The fourth-order valence-corrected chi connectivity index (χ4v) is 3.90. The Morgan fingerprint density at radius 2 is 2.04 bits per heavy atom. The number of sulfonamides is 1. The molecule has 1 aliphatic heterocycles. The van der Waals surface area contributed by atoms with Gasteiger partial charge in [0.15, 0.2) is 5.58 Å². The first-order chi connectivity index (χ1) is 12.0. The van der Waals surface area contributed by atoms with Gasteiger partial charge in [0.2, 0.25) is 15.9 Å². The quantitative estimate of drug-likeness (QED) is 0.776. The van der Waals surface area contributed by atoms with Gasteiger partial charge in [0.1, 0.15) is 5.52 Å². The fourth-order valence-electron chi connectivity index (χ4n) is 3.31. The van der Waals surface area contributed by atoms with Crippen LogP contribution in [0.4, 0.5) is 11.4 Å². The summed E-state index contributed by atoms with van der Waals surface area (Å²) in [6, 6.07) is 13.4. The van der Waals surface area contributed by atoms with Crippen LogP contribution in [0.1, 0.15) is 17.9 Å². The number of nitrogens with zero attached hydrogens (tertiary/aromatic N) is 2. The normalized spacial score (nSPS) is 14.5. The molecule has 130 valence electrons. The molecular weight excluding hydrogens is 338 g/mol. The number of anilines is 2. The first-order valence-electron chi connectivity index (χ1n) is 8.19. The van der Waals surface area contributed by atoms with Crippen molar-refractivity contribution in [1.82, 2.24) is 4.98 Å². The Balaban J connectivity index is 1.66. The lowest BCUT2D eigenvalue weighted by atomic mass is 10.00. The number of fused-ring (bicyclic) bond motifs is 2. The van der Waals surface area contributed by atoms with Gasteiger partial charge in [-0.3, -0.25) is 4.72 Å². The van der Waals surface area contributed by atoms with Crippen LogP contribution in [0.2, 0.25) is 0 Å². The van der Waals surface area contributed by atoms with Crippen LogP contribution in [-0.4, -0.2) is 26.2 Å². The van der Waals surface area contributed by atoms with Gasteiger partial charge in [-0.2, -0.15) is 0 Å². The molecule has 0 saturated heterocycles. The molecule has 4 rings (SSSR count). The second-order valence-corrected chi connectivity index (χ2v) is 8.03. The van der Waals surface area contributed by atoms with Gasteiger partial charge in [0.25, 0.3) is 0 Å². The molecule has 1 aromatic heterocycles. The van der Waals surface area contributed by atoms with E-state index in [-0.39, 0.29) is 0 Å². The molecule has 0 bridgehead atoms. The standard InChI is InChI=1S/C18H19N3O3S/c1-25(22,23)20-14-8-4-9-16-13(14)6-5-11-21(16)12-18-19-15-7-2-3-10-17(15)24-18/h2-4,7-10,20H,5-6,11-12H2,1H3. The minimum atomic E-state index is -3.30. The van der Waals surface area contributed by atoms with Gasteiger partial charge in [-0.05, 0) is 42.7 Å². The Hall–Kier alpha value is -2.54. The molecule has 25 heavy (non-hydrogen) atoms. The molecule has 1 aliphatic rings. The van der Waals surface area contributed by atoms with Gasteiger partial charge in [-0.1, -0.05) is 18.2 Å². The van der Waals surface area contributed by atoms with Crippen LogP contribution in [0.3, 0.4) is 0 Å². The number of oxazole rings is 1. The van der Waals surface area contributed by atoms with Crippen molar-refractivity contribution >= 4 is 32.5 Å².